The van der Waals surface area contributed by atoms with E-state index in [0.717, 1.165) is 31.5 Å². The van der Waals surface area contributed by atoms with Crippen LogP contribution in [0.4, 0.5) is 0 Å². The summed E-state index contributed by atoms with van der Waals surface area (Å²) >= 11 is 0. The molecule has 1 amide bonds. The summed E-state index contributed by atoms with van der Waals surface area (Å²) in [7, 11) is 0. The lowest BCUT2D eigenvalue weighted by molar-refractivity contribution is 0.0930. The van der Waals surface area contributed by atoms with E-state index in [9.17, 15) is 4.79 Å². The smallest absolute Gasteiger partial charge is 0.251 e. The predicted molar refractivity (Wildman–Crippen MR) is 59.8 cm³/mol. The van der Waals surface area contributed by atoms with Crippen molar-refractivity contribution >= 4 is 5.91 Å². The minimum Gasteiger partial charge on any atom is -0.348 e. The number of piperidine rings is 1. The second-order valence-corrected chi connectivity index (χ2v) is 3.88. The third-order valence-corrected chi connectivity index (χ3v) is 2.67. The maximum Gasteiger partial charge on any atom is 0.251 e. The van der Waals surface area contributed by atoms with Crippen LogP contribution in [0.25, 0.3) is 0 Å². The Morgan fingerprint density at radius 3 is 2.80 bits per heavy atom. The van der Waals surface area contributed by atoms with E-state index in [4.69, 9.17) is 0 Å². The quantitative estimate of drug-likeness (QED) is 0.759. The number of benzene rings is 1. The Bertz CT molecular complexity index is 318. The van der Waals surface area contributed by atoms with E-state index < -0.39 is 0 Å². The standard InChI is InChI=1S/C12H16N2O/c15-12(10-5-2-1-3-6-10)14-11-7-4-8-13-9-11/h1-3,5-6,11,13H,4,7-9H2,(H,14,15)/t11-/m0/s1. The van der Waals surface area contributed by atoms with E-state index in [2.05, 4.69) is 10.6 Å². The molecule has 1 aromatic rings. The molecule has 0 unspecified atom stereocenters. The largest absolute Gasteiger partial charge is 0.348 e. The van der Waals surface area contributed by atoms with Crippen molar-refractivity contribution in [3.8, 4) is 0 Å². The monoisotopic (exact) mass is 204 g/mol. The average Bonchev–Trinajstić information content (AvgIpc) is 2.31. The van der Waals surface area contributed by atoms with Gasteiger partial charge in [0.05, 0.1) is 0 Å². The summed E-state index contributed by atoms with van der Waals surface area (Å²) in [5.74, 6) is 0.0318. The molecule has 1 aliphatic heterocycles. The van der Waals surface area contributed by atoms with Gasteiger partial charge in [-0.25, -0.2) is 0 Å². The number of carbonyl (C=O) groups is 1. The van der Waals surface area contributed by atoms with Crippen LogP contribution in [-0.4, -0.2) is 25.0 Å². The maximum atomic E-state index is 11.8. The van der Waals surface area contributed by atoms with Crippen LogP contribution >= 0.6 is 0 Å². The molecule has 0 spiro atoms. The van der Waals surface area contributed by atoms with Gasteiger partial charge in [-0.15, -0.1) is 0 Å². The van der Waals surface area contributed by atoms with Gasteiger partial charge in [0.15, 0.2) is 0 Å². The molecular weight excluding hydrogens is 188 g/mol. The van der Waals surface area contributed by atoms with Crippen molar-refractivity contribution in [2.75, 3.05) is 13.1 Å². The first-order chi connectivity index (χ1) is 7.36. The lowest BCUT2D eigenvalue weighted by Crippen LogP contribution is -2.45. The summed E-state index contributed by atoms with van der Waals surface area (Å²) in [4.78, 5) is 11.8. The molecule has 1 aromatic carbocycles. The molecule has 3 heteroatoms. The highest BCUT2D eigenvalue weighted by Gasteiger charge is 2.15. The molecule has 80 valence electrons. The van der Waals surface area contributed by atoms with Crippen LogP contribution in [-0.2, 0) is 0 Å². The SMILES string of the molecule is O=C(N[C@H]1CCCNC1)c1ccccc1. The molecule has 3 nitrogen and oxygen atoms in total. The Balaban J connectivity index is 1.91. The van der Waals surface area contributed by atoms with Crippen molar-refractivity contribution in [1.29, 1.82) is 0 Å². The zero-order chi connectivity index (χ0) is 10.5. The highest BCUT2D eigenvalue weighted by molar-refractivity contribution is 5.94. The highest BCUT2D eigenvalue weighted by atomic mass is 16.1. The average molecular weight is 204 g/mol. The van der Waals surface area contributed by atoms with Crippen LogP contribution in [0.2, 0.25) is 0 Å². The molecule has 0 radical (unpaired) electrons. The molecule has 0 bridgehead atoms. The fraction of sp³-hybridized carbons (Fsp3) is 0.417. The summed E-state index contributed by atoms with van der Waals surface area (Å²) < 4.78 is 0. The summed E-state index contributed by atoms with van der Waals surface area (Å²) in [6.07, 6.45) is 2.21. The van der Waals surface area contributed by atoms with Gasteiger partial charge in [-0.2, -0.15) is 0 Å². The second-order valence-electron chi connectivity index (χ2n) is 3.88. The van der Waals surface area contributed by atoms with E-state index in [-0.39, 0.29) is 11.9 Å². The van der Waals surface area contributed by atoms with E-state index in [1.54, 1.807) is 0 Å². The molecule has 0 aliphatic carbocycles. The molecule has 15 heavy (non-hydrogen) atoms. The molecular formula is C12H16N2O. The summed E-state index contributed by atoms with van der Waals surface area (Å²) in [6, 6.07) is 9.64. The highest BCUT2D eigenvalue weighted by Crippen LogP contribution is 2.04. The van der Waals surface area contributed by atoms with Crippen molar-refractivity contribution in [1.82, 2.24) is 10.6 Å². The first-order valence-electron chi connectivity index (χ1n) is 5.43. The number of carbonyl (C=O) groups excluding carboxylic acids is 1. The number of hydrogen-bond donors (Lipinski definition) is 2. The zero-order valence-corrected chi connectivity index (χ0v) is 8.70. The van der Waals surface area contributed by atoms with Gasteiger partial charge in [0.2, 0.25) is 0 Å². The van der Waals surface area contributed by atoms with Gasteiger partial charge in [-0.1, -0.05) is 18.2 Å². The van der Waals surface area contributed by atoms with Gasteiger partial charge in [0.25, 0.3) is 5.91 Å². The molecule has 1 fully saturated rings. The van der Waals surface area contributed by atoms with Crippen molar-refractivity contribution in [3.63, 3.8) is 0 Å². The van der Waals surface area contributed by atoms with Crippen LogP contribution in [0.5, 0.6) is 0 Å². The molecule has 1 saturated heterocycles. The normalized spacial score (nSPS) is 20.9. The van der Waals surface area contributed by atoms with Crippen LogP contribution in [0.1, 0.15) is 23.2 Å². The van der Waals surface area contributed by atoms with Gasteiger partial charge in [-0.3, -0.25) is 4.79 Å². The lowest BCUT2D eigenvalue weighted by atomic mass is 10.1. The number of nitrogens with one attached hydrogen (secondary N) is 2. The van der Waals surface area contributed by atoms with Crippen molar-refractivity contribution in [2.24, 2.45) is 0 Å². The molecule has 2 rings (SSSR count). The van der Waals surface area contributed by atoms with E-state index in [0.29, 0.717) is 0 Å². The number of hydrogen-bond acceptors (Lipinski definition) is 2. The van der Waals surface area contributed by atoms with Crippen LogP contribution in [0, 0.1) is 0 Å². The van der Waals surface area contributed by atoms with Gasteiger partial charge < -0.3 is 10.6 Å². The van der Waals surface area contributed by atoms with Crippen LogP contribution in [0.3, 0.4) is 0 Å². The fourth-order valence-electron chi connectivity index (χ4n) is 1.83. The zero-order valence-electron chi connectivity index (χ0n) is 8.70. The molecule has 0 saturated carbocycles. The molecule has 0 aromatic heterocycles. The van der Waals surface area contributed by atoms with Crippen LogP contribution in [0.15, 0.2) is 30.3 Å². The van der Waals surface area contributed by atoms with Crippen LogP contribution < -0.4 is 10.6 Å². The number of amides is 1. The second kappa shape index (κ2) is 4.94. The van der Waals surface area contributed by atoms with E-state index in [1.165, 1.54) is 0 Å². The van der Waals surface area contributed by atoms with E-state index in [1.807, 2.05) is 30.3 Å². The number of rotatable bonds is 2. The van der Waals surface area contributed by atoms with E-state index >= 15 is 0 Å². The first kappa shape index (κ1) is 10.2. The van der Waals surface area contributed by atoms with Crippen molar-refractivity contribution in [3.05, 3.63) is 35.9 Å². The maximum absolute atomic E-state index is 11.8. The Hall–Kier alpha value is -1.35. The summed E-state index contributed by atoms with van der Waals surface area (Å²) in [5.41, 5.74) is 0.739. The molecule has 1 aliphatic rings. The van der Waals surface area contributed by atoms with Gasteiger partial charge >= 0.3 is 0 Å². The minimum atomic E-state index is 0.0318. The van der Waals surface area contributed by atoms with Crippen molar-refractivity contribution < 1.29 is 4.79 Å². The summed E-state index contributed by atoms with van der Waals surface area (Å²) in [5, 5.41) is 6.31. The molecule has 1 atom stereocenters. The first-order valence-corrected chi connectivity index (χ1v) is 5.43. The Morgan fingerprint density at radius 1 is 1.33 bits per heavy atom. The predicted octanol–water partition coefficient (Wildman–Crippen LogP) is 1.17. The Labute approximate surface area is 89.9 Å². The van der Waals surface area contributed by atoms with Gasteiger partial charge in [0, 0.05) is 18.2 Å². The van der Waals surface area contributed by atoms with Crippen molar-refractivity contribution in [2.45, 2.75) is 18.9 Å². The van der Waals surface area contributed by atoms with Gasteiger partial charge in [0.1, 0.15) is 0 Å². The third-order valence-electron chi connectivity index (χ3n) is 2.67. The Kier molecular flexibility index (Phi) is 3.35. The minimum absolute atomic E-state index is 0.0318. The summed E-state index contributed by atoms with van der Waals surface area (Å²) in [6.45, 7) is 1.95. The van der Waals surface area contributed by atoms with Gasteiger partial charge in [-0.05, 0) is 31.5 Å². The topological polar surface area (TPSA) is 41.1 Å². The Morgan fingerprint density at radius 2 is 2.13 bits per heavy atom. The molecule has 1 heterocycles. The third kappa shape index (κ3) is 2.80. The lowest BCUT2D eigenvalue weighted by Gasteiger charge is -2.23. The fourth-order valence-corrected chi connectivity index (χ4v) is 1.83. The molecule has 2 N–H and O–H groups in total.